The van der Waals surface area contributed by atoms with E-state index in [1.54, 1.807) is 31.2 Å². The van der Waals surface area contributed by atoms with Crippen molar-refractivity contribution in [2.45, 2.75) is 32.5 Å². The van der Waals surface area contributed by atoms with E-state index in [-0.39, 0.29) is 12.5 Å². The van der Waals surface area contributed by atoms with Crippen LogP contribution in [0.15, 0.2) is 24.3 Å². The van der Waals surface area contributed by atoms with Crippen LogP contribution in [0.4, 0.5) is 18.0 Å². The summed E-state index contributed by atoms with van der Waals surface area (Å²) in [7, 11) is 0. The van der Waals surface area contributed by atoms with Crippen molar-refractivity contribution < 1.29 is 27.5 Å². The molecular formula is C18H21F3N2O3. The van der Waals surface area contributed by atoms with Gasteiger partial charge in [-0.15, -0.1) is 12.3 Å². The van der Waals surface area contributed by atoms with Crippen molar-refractivity contribution in [2.75, 3.05) is 13.2 Å². The average Bonchev–Trinajstić information content (AvgIpc) is 2.58. The van der Waals surface area contributed by atoms with Gasteiger partial charge in [-0.2, -0.15) is 13.2 Å². The fraction of sp³-hybridized carbons (Fsp3) is 0.444. The predicted octanol–water partition coefficient (Wildman–Crippen LogP) is 3.04. The highest BCUT2D eigenvalue weighted by molar-refractivity contribution is 5.94. The van der Waals surface area contributed by atoms with Crippen molar-refractivity contribution in [2.24, 2.45) is 5.92 Å². The molecule has 0 unspecified atom stereocenters. The number of nitrogens with one attached hydrogen (secondary N) is 2. The van der Waals surface area contributed by atoms with Crippen LogP contribution in [-0.4, -0.2) is 37.4 Å². The topological polar surface area (TPSA) is 67.4 Å². The molecule has 2 amide bonds. The number of carbonyl (C=O) groups is 2. The van der Waals surface area contributed by atoms with E-state index in [4.69, 9.17) is 6.42 Å². The van der Waals surface area contributed by atoms with Crippen LogP contribution >= 0.6 is 0 Å². The molecule has 142 valence electrons. The normalized spacial score (nSPS) is 13.2. The Kier molecular flexibility index (Phi) is 7.97. The van der Waals surface area contributed by atoms with Crippen molar-refractivity contribution in [1.29, 1.82) is 0 Å². The van der Waals surface area contributed by atoms with Gasteiger partial charge in [0.15, 0.2) is 6.61 Å². The van der Waals surface area contributed by atoms with Gasteiger partial charge in [-0.3, -0.25) is 4.79 Å². The Hall–Kier alpha value is -2.69. The molecule has 1 rings (SSSR count). The van der Waals surface area contributed by atoms with Crippen molar-refractivity contribution in [3.63, 3.8) is 0 Å². The summed E-state index contributed by atoms with van der Waals surface area (Å²) in [6.45, 7) is 1.90. The first-order valence-electron chi connectivity index (χ1n) is 7.97. The lowest BCUT2D eigenvalue weighted by Crippen LogP contribution is -2.48. The molecule has 0 bridgehead atoms. The molecule has 1 aromatic rings. The third-order valence-corrected chi connectivity index (χ3v) is 3.61. The van der Waals surface area contributed by atoms with Gasteiger partial charge in [-0.25, -0.2) is 4.79 Å². The van der Waals surface area contributed by atoms with E-state index in [0.29, 0.717) is 12.0 Å². The van der Waals surface area contributed by atoms with Gasteiger partial charge < -0.3 is 15.4 Å². The molecule has 0 aliphatic heterocycles. The van der Waals surface area contributed by atoms with Crippen molar-refractivity contribution in [3.05, 3.63) is 35.4 Å². The number of carbonyl (C=O) groups excluding carboxylic acids is 2. The molecule has 0 radical (unpaired) electrons. The summed E-state index contributed by atoms with van der Waals surface area (Å²) in [5, 5.41) is 4.91. The largest absolute Gasteiger partial charge is 0.440 e. The Balaban J connectivity index is 2.68. The zero-order valence-corrected chi connectivity index (χ0v) is 14.5. The number of benzene rings is 1. The van der Waals surface area contributed by atoms with Crippen molar-refractivity contribution in [1.82, 2.24) is 10.6 Å². The van der Waals surface area contributed by atoms with Crippen molar-refractivity contribution >= 4 is 12.0 Å². The molecule has 0 aromatic heterocycles. The number of alkyl carbamates (subject to hydrolysis) is 1. The van der Waals surface area contributed by atoms with Crippen molar-refractivity contribution in [3.8, 4) is 12.3 Å². The second-order valence-corrected chi connectivity index (χ2v) is 5.70. The molecule has 0 spiro atoms. The molecule has 0 aliphatic rings. The van der Waals surface area contributed by atoms with Crippen LogP contribution in [0.2, 0.25) is 0 Å². The first kappa shape index (κ1) is 21.4. The third-order valence-electron chi connectivity index (χ3n) is 3.61. The highest BCUT2D eigenvalue weighted by Crippen LogP contribution is 2.15. The second kappa shape index (κ2) is 9.70. The SMILES string of the molecule is C#C[C@@H](CC)[C@@H](CNC(=O)c1ccc(C)cc1)NC(=O)OCC(F)(F)F. The number of hydrogen-bond acceptors (Lipinski definition) is 3. The Labute approximate surface area is 150 Å². The van der Waals surface area contributed by atoms with Crippen LogP contribution in [0.1, 0.15) is 29.3 Å². The van der Waals surface area contributed by atoms with Gasteiger partial charge in [-0.1, -0.05) is 24.6 Å². The minimum atomic E-state index is -4.62. The maximum Gasteiger partial charge on any atom is 0.422 e. The van der Waals surface area contributed by atoms with Gasteiger partial charge in [0, 0.05) is 18.0 Å². The molecule has 5 nitrogen and oxygen atoms in total. The molecule has 1 aromatic carbocycles. The number of amides is 2. The second-order valence-electron chi connectivity index (χ2n) is 5.70. The van der Waals surface area contributed by atoms with Crippen LogP contribution in [0.3, 0.4) is 0 Å². The molecule has 26 heavy (non-hydrogen) atoms. The molecule has 0 aliphatic carbocycles. The first-order valence-corrected chi connectivity index (χ1v) is 7.97. The molecule has 0 saturated carbocycles. The number of hydrogen-bond donors (Lipinski definition) is 2. The average molecular weight is 370 g/mol. The maximum absolute atomic E-state index is 12.1. The fourth-order valence-electron chi connectivity index (χ4n) is 2.16. The number of alkyl halides is 3. The van der Waals surface area contributed by atoms with E-state index in [9.17, 15) is 22.8 Å². The molecule has 0 heterocycles. The van der Waals surface area contributed by atoms with Gasteiger partial charge in [0.05, 0.1) is 6.04 Å². The summed E-state index contributed by atoms with van der Waals surface area (Å²) in [5.41, 5.74) is 1.41. The van der Waals surface area contributed by atoms with E-state index in [1.165, 1.54) is 0 Å². The number of halogens is 3. The van der Waals surface area contributed by atoms with Crippen LogP contribution in [0, 0.1) is 25.2 Å². The van der Waals surface area contributed by atoms with E-state index in [0.717, 1.165) is 5.56 Å². The summed E-state index contributed by atoms with van der Waals surface area (Å²) in [4.78, 5) is 23.7. The van der Waals surface area contributed by atoms with Crippen LogP contribution in [0.25, 0.3) is 0 Å². The van der Waals surface area contributed by atoms with Gasteiger partial charge >= 0.3 is 12.3 Å². The van der Waals surface area contributed by atoms with Crippen LogP contribution < -0.4 is 10.6 Å². The molecule has 0 saturated heterocycles. The number of ether oxygens (including phenoxy) is 1. The van der Waals surface area contributed by atoms with Gasteiger partial charge in [0.1, 0.15) is 0 Å². The molecule has 2 atom stereocenters. The maximum atomic E-state index is 12.1. The number of rotatable bonds is 7. The Morgan fingerprint density at radius 1 is 1.27 bits per heavy atom. The van der Waals surface area contributed by atoms with E-state index in [2.05, 4.69) is 21.3 Å². The minimum Gasteiger partial charge on any atom is -0.440 e. The highest BCUT2D eigenvalue weighted by atomic mass is 19.4. The third kappa shape index (κ3) is 7.47. The fourth-order valence-corrected chi connectivity index (χ4v) is 2.16. The highest BCUT2D eigenvalue weighted by Gasteiger charge is 2.30. The number of terminal acetylenes is 1. The predicted molar refractivity (Wildman–Crippen MR) is 90.5 cm³/mol. The van der Waals surface area contributed by atoms with Crippen LogP contribution in [0.5, 0.6) is 0 Å². The zero-order chi connectivity index (χ0) is 19.7. The molecule has 8 heteroatoms. The van der Waals surface area contributed by atoms with Crippen LogP contribution in [-0.2, 0) is 4.74 Å². The monoisotopic (exact) mass is 370 g/mol. The van der Waals surface area contributed by atoms with E-state index >= 15 is 0 Å². The zero-order valence-electron chi connectivity index (χ0n) is 14.5. The quantitative estimate of drug-likeness (QED) is 0.725. The Bertz CT molecular complexity index is 651. The van der Waals surface area contributed by atoms with E-state index in [1.807, 2.05) is 6.92 Å². The lowest BCUT2D eigenvalue weighted by atomic mass is 9.97. The summed E-state index contributed by atoms with van der Waals surface area (Å²) < 4.78 is 40.5. The smallest absolute Gasteiger partial charge is 0.422 e. The van der Waals surface area contributed by atoms with Gasteiger partial charge in [0.25, 0.3) is 5.91 Å². The summed E-state index contributed by atoms with van der Waals surface area (Å²) >= 11 is 0. The Morgan fingerprint density at radius 3 is 2.38 bits per heavy atom. The van der Waals surface area contributed by atoms with Gasteiger partial charge in [0.2, 0.25) is 0 Å². The molecule has 0 fully saturated rings. The van der Waals surface area contributed by atoms with E-state index < -0.39 is 30.8 Å². The molecular weight excluding hydrogens is 349 g/mol. The Morgan fingerprint density at radius 2 is 1.88 bits per heavy atom. The lowest BCUT2D eigenvalue weighted by Gasteiger charge is -2.24. The standard InChI is InChI=1S/C18H21F3N2O3/c1-4-13(5-2)15(23-17(25)26-11-18(19,20)21)10-22-16(24)14-8-6-12(3)7-9-14/h1,6-9,13,15H,5,10-11H2,2-3H3,(H,22,24)(H,23,25)/t13-,15+/m0/s1. The minimum absolute atomic E-state index is 0.0451. The number of aryl methyl sites for hydroxylation is 1. The summed E-state index contributed by atoms with van der Waals surface area (Å²) in [5.74, 6) is 1.59. The summed E-state index contributed by atoms with van der Waals surface area (Å²) in [6, 6.07) is 6.07. The van der Waals surface area contributed by atoms with Gasteiger partial charge in [-0.05, 0) is 25.5 Å². The first-order chi connectivity index (χ1) is 12.2. The molecule has 2 N–H and O–H groups in total. The summed E-state index contributed by atoms with van der Waals surface area (Å²) in [6.07, 6.45) is -0.00517. The lowest BCUT2D eigenvalue weighted by molar-refractivity contribution is -0.160.